The fourth-order valence-corrected chi connectivity index (χ4v) is 1.70. The van der Waals surface area contributed by atoms with Crippen molar-refractivity contribution >= 4 is 5.97 Å². The molecule has 1 aromatic carbocycles. The van der Waals surface area contributed by atoms with Crippen molar-refractivity contribution in [2.45, 2.75) is 20.4 Å². The van der Waals surface area contributed by atoms with E-state index < -0.39 is 0 Å². The first-order valence-electron chi connectivity index (χ1n) is 6.20. The molecule has 4 heteroatoms. The molecular weight excluding hydrogens is 230 g/mol. The average Bonchev–Trinajstić information content (AvgIpc) is 2.38. The van der Waals surface area contributed by atoms with Crippen LogP contribution in [0.15, 0.2) is 24.3 Å². The van der Waals surface area contributed by atoms with Crippen molar-refractivity contribution in [1.29, 1.82) is 0 Å². The van der Waals surface area contributed by atoms with Gasteiger partial charge in [0.25, 0.3) is 0 Å². The summed E-state index contributed by atoms with van der Waals surface area (Å²) in [6.45, 7) is 6.11. The van der Waals surface area contributed by atoms with Crippen molar-refractivity contribution in [3.05, 3.63) is 29.8 Å². The predicted molar refractivity (Wildman–Crippen MR) is 70.6 cm³/mol. The Morgan fingerprint density at radius 2 is 2.11 bits per heavy atom. The smallest absolute Gasteiger partial charge is 0.320 e. The summed E-state index contributed by atoms with van der Waals surface area (Å²) < 4.78 is 10.1. The van der Waals surface area contributed by atoms with Crippen LogP contribution >= 0.6 is 0 Å². The van der Waals surface area contributed by atoms with Gasteiger partial charge in [-0.05, 0) is 31.2 Å². The second-order valence-electron chi connectivity index (χ2n) is 3.96. The van der Waals surface area contributed by atoms with Crippen molar-refractivity contribution in [2.24, 2.45) is 0 Å². The lowest BCUT2D eigenvalue weighted by Crippen LogP contribution is -2.30. The third-order valence-electron chi connectivity index (χ3n) is 2.65. The molecule has 0 heterocycles. The van der Waals surface area contributed by atoms with Gasteiger partial charge in [0.2, 0.25) is 0 Å². The molecule has 0 saturated carbocycles. The van der Waals surface area contributed by atoms with Crippen molar-refractivity contribution in [3.8, 4) is 5.75 Å². The molecule has 0 unspecified atom stereocenters. The fraction of sp³-hybridized carbons (Fsp3) is 0.500. The lowest BCUT2D eigenvalue weighted by molar-refractivity contribution is -0.144. The lowest BCUT2D eigenvalue weighted by Gasteiger charge is -2.19. The highest BCUT2D eigenvalue weighted by Crippen LogP contribution is 2.14. The first-order chi connectivity index (χ1) is 8.69. The summed E-state index contributed by atoms with van der Waals surface area (Å²) >= 11 is 0. The van der Waals surface area contributed by atoms with Crippen molar-refractivity contribution in [1.82, 2.24) is 4.90 Å². The molecule has 18 heavy (non-hydrogen) atoms. The monoisotopic (exact) mass is 251 g/mol. The molecule has 0 aliphatic rings. The average molecular weight is 251 g/mol. The molecule has 0 saturated heterocycles. The molecule has 0 N–H and O–H groups in total. The summed E-state index contributed by atoms with van der Waals surface area (Å²) in [7, 11) is 1.65. The van der Waals surface area contributed by atoms with E-state index >= 15 is 0 Å². The first kappa shape index (κ1) is 14.5. The SMILES string of the molecule is CCOC(=O)CN(CC)Cc1cccc(OC)c1. The number of hydrogen-bond acceptors (Lipinski definition) is 4. The topological polar surface area (TPSA) is 38.8 Å². The van der Waals surface area contributed by atoms with Crippen LogP contribution in [-0.2, 0) is 16.1 Å². The van der Waals surface area contributed by atoms with Crippen LogP contribution in [-0.4, -0.2) is 37.7 Å². The number of methoxy groups -OCH3 is 1. The molecule has 1 rings (SSSR count). The molecule has 0 aliphatic heterocycles. The zero-order valence-corrected chi connectivity index (χ0v) is 11.3. The van der Waals surface area contributed by atoms with Crippen molar-refractivity contribution in [2.75, 3.05) is 26.8 Å². The van der Waals surface area contributed by atoms with Gasteiger partial charge in [-0.2, -0.15) is 0 Å². The van der Waals surface area contributed by atoms with E-state index in [9.17, 15) is 4.79 Å². The Labute approximate surface area is 108 Å². The summed E-state index contributed by atoms with van der Waals surface area (Å²) in [6, 6.07) is 7.86. The van der Waals surface area contributed by atoms with E-state index in [1.54, 1.807) is 7.11 Å². The normalized spacial score (nSPS) is 10.4. The third kappa shape index (κ3) is 4.75. The minimum Gasteiger partial charge on any atom is -0.497 e. The van der Waals surface area contributed by atoms with Gasteiger partial charge in [0, 0.05) is 6.54 Å². The molecule has 0 aliphatic carbocycles. The molecule has 0 bridgehead atoms. The quantitative estimate of drug-likeness (QED) is 0.695. The molecule has 1 aromatic rings. The largest absolute Gasteiger partial charge is 0.497 e. The second-order valence-corrected chi connectivity index (χ2v) is 3.96. The van der Waals surface area contributed by atoms with Crippen molar-refractivity contribution < 1.29 is 14.3 Å². The second kappa shape index (κ2) is 7.71. The van der Waals surface area contributed by atoms with E-state index in [2.05, 4.69) is 0 Å². The number of ether oxygens (including phenoxy) is 2. The van der Waals surface area contributed by atoms with Gasteiger partial charge < -0.3 is 9.47 Å². The number of carbonyl (C=O) groups excluding carboxylic acids is 1. The third-order valence-corrected chi connectivity index (χ3v) is 2.65. The Balaban J connectivity index is 2.58. The van der Waals surface area contributed by atoms with Gasteiger partial charge in [-0.25, -0.2) is 0 Å². The molecular formula is C14H21NO3. The maximum absolute atomic E-state index is 11.4. The van der Waals surface area contributed by atoms with Gasteiger partial charge in [0.05, 0.1) is 20.3 Å². The van der Waals surface area contributed by atoms with E-state index in [0.29, 0.717) is 19.7 Å². The zero-order valence-electron chi connectivity index (χ0n) is 11.3. The summed E-state index contributed by atoms with van der Waals surface area (Å²) in [5.41, 5.74) is 1.13. The van der Waals surface area contributed by atoms with Crippen LogP contribution < -0.4 is 4.74 Å². The van der Waals surface area contributed by atoms with Crippen LogP contribution in [0.4, 0.5) is 0 Å². The van der Waals surface area contributed by atoms with Gasteiger partial charge >= 0.3 is 5.97 Å². The van der Waals surface area contributed by atoms with E-state index in [0.717, 1.165) is 17.9 Å². The van der Waals surface area contributed by atoms with Crippen molar-refractivity contribution in [3.63, 3.8) is 0 Å². The Morgan fingerprint density at radius 1 is 1.33 bits per heavy atom. The Bertz CT molecular complexity index is 379. The highest BCUT2D eigenvalue weighted by atomic mass is 16.5. The van der Waals surface area contributed by atoms with E-state index in [1.165, 1.54) is 0 Å². The van der Waals surface area contributed by atoms with Crippen LogP contribution in [0.25, 0.3) is 0 Å². The van der Waals surface area contributed by atoms with Crippen LogP contribution in [0.3, 0.4) is 0 Å². The van der Waals surface area contributed by atoms with Crippen LogP contribution in [0.5, 0.6) is 5.75 Å². The number of esters is 1. The number of likely N-dealkylation sites (N-methyl/N-ethyl adjacent to an activating group) is 1. The number of benzene rings is 1. The molecule has 0 fully saturated rings. The Kier molecular flexibility index (Phi) is 6.22. The van der Waals surface area contributed by atoms with Gasteiger partial charge in [-0.15, -0.1) is 0 Å². The molecule has 0 atom stereocenters. The van der Waals surface area contributed by atoms with Gasteiger partial charge in [0.1, 0.15) is 5.75 Å². The van der Waals surface area contributed by atoms with Gasteiger partial charge in [-0.1, -0.05) is 19.1 Å². The Hall–Kier alpha value is -1.55. The molecule has 0 aromatic heterocycles. The van der Waals surface area contributed by atoms with Crippen LogP contribution in [0.1, 0.15) is 19.4 Å². The molecule has 0 amide bonds. The number of nitrogens with zero attached hydrogens (tertiary/aromatic N) is 1. The van der Waals surface area contributed by atoms with E-state index in [1.807, 2.05) is 43.0 Å². The number of rotatable bonds is 7. The summed E-state index contributed by atoms with van der Waals surface area (Å²) in [5.74, 6) is 0.655. The first-order valence-corrected chi connectivity index (χ1v) is 6.20. The van der Waals surface area contributed by atoms with E-state index in [4.69, 9.17) is 9.47 Å². The minimum absolute atomic E-state index is 0.178. The maximum atomic E-state index is 11.4. The molecule has 0 spiro atoms. The zero-order chi connectivity index (χ0) is 13.4. The summed E-state index contributed by atoms with van der Waals surface area (Å²) in [4.78, 5) is 13.5. The molecule has 100 valence electrons. The maximum Gasteiger partial charge on any atom is 0.320 e. The minimum atomic E-state index is -0.178. The Morgan fingerprint density at radius 3 is 2.72 bits per heavy atom. The predicted octanol–water partition coefficient (Wildman–Crippen LogP) is 2.08. The number of hydrogen-bond donors (Lipinski definition) is 0. The highest BCUT2D eigenvalue weighted by molar-refractivity contribution is 5.71. The molecule has 4 nitrogen and oxygen atoms in total. The van der Waals surface area contributed by atoms with Gasteiger partial charge in [-0.3, -0.25) is 9.69 Å². The molecule has 0 radical (unpaired) electrons. The fourth-order valence-electron chi connectivity index (χ4n) is 1.70. The highest BCUT2D eigenvalue weighted by Gasteiger charge is 2.10. The van der Waals surface area contributed by atoms with E-state index in [-0.39, 0.29) is 5.97 Å². The van der Waals surface area contributed by atoms with Crippen LogP contribution in [0.2, 0.25) is 0 Å². The van der Waals surface area contributed by atoms with Gasteiger partial charge in [0.15, 0.2) is 0 Å². The standard InChI is InChI=1S/C14H21NO3/c1-4-15(11-14(16)18-5-2)10-12-7-6-8-13(9-12)17-3/h6-9H,4-5,10-11H2,1-3H3. The summed E-state index contributed by atoms with van der Waals surface area (Å²) in [5, 5.41) is 0. The number of carbonyl (C=O) groups is 1. The summed E-state index contributed by atoms with van der Waals surface area (Å²) in [6.07, 6.45) is 0. The lowest BCUT2D eigenvalue weighted by atomic mass is 10.2. The van der Waals surface area contributed by atoms with Crippen LogP contribution in [0, 0.1) is 0 Å².